The fraction of sp³-hybridized carbons (Fsp3) is 0.243. The first-order valence-corrected chi connectivity index (χ1v) is 17.1. The van der Waals surface area contributed by atoms with E-state index < -0.39 is 5.82 Å². The third-order valence-electron chi connectivity index (χ3n) is 9.10. The molecule has 4 aromatic heterocycles. The number of aromatic nitrogens is 5. The lowest BCUT2D eigenvalue weighted by atomic mass is 10.0. The van der Waals surface area contributed by atoms with Crippen molar-refractivity contribution in [1.29, 1.82) is 0 Å². The number of imidazole rings is 1. The molecule has 2 aliphatic rings. The maximum absolute atomic E-state index is 14.2. The Hall–Kier alpha value is -4.81. The molecule has 0 radical (unpaired) electrons. The molecule has 10 nitrogen and oxygen atoms in total. The van der Waals surface area contributed by atoms with Gasteiger partial charge in [-0.2, -0.15) is 5.10 Å². The molecule has 0 spiro atoms. The van der Waals surface area contributed by atoms with Crippen LogP contribution in [0.2, 0.25) is 10.0 Å². The van der Waals surface area contributed by atoms with Crippen molar-refractivity contribution in [1.82, 2.24) is 29.0 Å². The van der Waals surface area contributed by atoms with Gasteiger partial charge in [-0.05, 0) is 66.9 Å². The number of carbonyl (C=O) groups is 1. The summed E-state index contributed by atoms with van der Waals surface area (Å²) in [5, 5.41) is 8.00. The summed E-state index contributed by atoms with van der Waals surface area (Å²) in [6, 6.07) is 19.4. The molecule has 6 heterocycles. The summed E-state index contributed by atoms with van der Waals surface area (Å²) in [7, 11) is 0. The van der Waals surface area contributed by atoms with Gasteiger partial charge in [0.05, 0.1) is 52.7 Å². The van der Waals surface area contributed by atoms with E-state index in [0.29, 0.717) is 51.3 Å². The molecule has 2 aromatic carbocycles. The number of ether oxygens (including phenoxy) is 2. The Labute approximate surface area is 297 Å². The fourth-order valence-corrected chi connectivity index (χ4v) is 6.60. The van der Waals surface area contributed by atoms with Crippen LogP contribution in [-0.4, -0.2) is 60.8 Å². The molecule has 1 amide bonds. The molecular weight excluding hydrogens is 680 g/mol. The molecule has 8 rings (SSSR count). The minimum absolute atomic E-state index is 0.0588. The van der Waals surface area contributed by atoms with Gasteiger partial charge < -0.3 is 19.4 Å². The van der Waals surface area contributed by atoms with E-state index in [2.05, 4.69) is 26.0 Å². The third kappa shape index (κ3) is 6.82. The van der Waals surface area contributed by atoms with E-state index >= 15 is 0 Å². The molecule has 1 atom stereocenters. The van der Waals surface area contributed by atoms with E-state index in [0.717, 1.165) is 60.7 Å². The second kappa shape index (κ2) is 13.8. The molecule has 50 heavy (non-hydrogen) atoms. The van der Waals surface area contributed by atoms with Crippen molar-refractivity contribution in [2.45, 2.75) is 38.6 Å². The fourth-order valence-electron chi connectivity index (χ4n) is 6.26. The first-order chi connectivity index (χ1) is 24.4. The van der Waals surface area contributed by atoms with Crippen LogP contribution in [0.15, 0.2) is 85.2 Å². The summed E-state index contributed by atoms with van der Waals surface area (Å²) in [5.41, 5.74) is 5.95. The van der Waals surface area contributed by atoms with Gasteiger partial charge in [-0.1, -0.05) is 41.4 Å². The number of hydrogen-bond acceptors (Lipinski definition) is 7. The van der Waals surface area contributed by atoms with Crippen molar-refractivity contribution >= 4 is 56.9 Å². The number of nitrogens with one attached hydrogen (secondary N) is 1. The summed E-state index contributed by atoms with van der Waals surface area (Å²) < 4.78 is 29.7. The second-order valence-corrected chi connectivity index (χ2v) is 13.3. The Kier molecular flexibility index (Phi) is 8.96. The van der Waals surface area contributed by atoms with Gasteiger partial charge in [0.1, 0.15) is 18.2 Å². The smallest absolute Gasteiger partial charge is 0.255 e. The molecule has 6 aromatic rings. The zero-order valence-corrected chi connectivity index (χ0v) is 28.4. The second-order valence-electron chi connectivity index (χ2n) is 12.4. The van der Waals surface area contributed by atoms with Crippen LogP contribution in [0, 0.1) is 5.82 Å². The molecular formula is C37H32Cl2FN7O3. The maximum atomic E-state index is 14.2. The molecule has 1 saturated heterocycles. The number of benzene rings is 2. The van der Waals surface area contributed by atoms with Gasteiger partial charge in [0, 0.05) is 53.8 Å². The van der Waals surface area contributed by atoms with Gasteiger partial charge in [-0.15, -0.1) is 0 Å². The molecule has 0 saturated carbocycles. The number of fused-ring (bicyclic) bond motifs is 2. The van der Waals surface area contributed by atoms with Crippen molar-refractivity contribution in [3.8, 4) is 5.88 Å². The average molecular weight is 713 g/mol. The standard InChI is InChI=1S/C37H32Cl2FN7O3/c38-26-6-4-25(30(40)17-26)22-50-36-3-1-2-31(44-36)23-8-12-45(13-9-23)21-35-43-32-16-24(5-7-33(32)46(35)20-28-11-15-49-28)37(48)42-27-10-14-47-34(18-27)29(39)19-41-47/h1-8,10,14,16-19,28H,9,11-13,15,20-22H2,(H,42,48). The van der Waals surface area contributed by atoms with E-state index in [1.54, 1.807) is 47.2 Å². The van der Waals surface area contributed by atoms with Gasteiger partial charge in [-0.25, -0.2) is 18.9 Å². The third-order valence-corrected chi connectivity index (χ3v) is 9.63. The number of halogens is 3. The molecule has 2 aliphatic heterocycles. The lowest BCUT2D eigenvalue weighted by Crippen LogP contribution is -2.33. The summed E-state index contributed by atoms with van der Waals surface area (Å²) in [5.74, 6) is 0.714. The van der Waals surface area contributed by atoms with Crippen LogP contribution >= 0.6 is 23.2 Å². The van der Waals surface area contributed by atoms with Crippen LogP contribution in [0.4, 0.5) is 10.1 Å². The summed E-state index contributed by atoms with van der Waals surface area (Å²) in [4.78, 5) is 25.4. The predicted octanol–water partition coefficient (Wildman–Crippen LogP) is 7.43. The predicted molar refractivity (Wildman–Crippen MR) is 190 cm³/mol. The number of amides is 1. The monoisotopic (exact) mass is 711 g/mol. The number of rotatable bonds is 10. The van der Waals surface area contributed by atoms with Crippen molar-refractivity contribution in [3.63, 3.8) is 0 Å². The van der Waals surface area contributed by atoms with E-state index in [4.69, 9.17) is 42.6 Å². The molecule has 1 fully saturated rings. The topological polar surface area (TPSA) is 98.8 Å². The minimum Gasteiger partial charge on any atom is -0.473 e. The quantitative estimate of drug-likeness (QED) is 0.158. The van der Waals surface area contributed by atoms with Crippen molar-refractivity contribution < 1.29 is 18.7 Å². The lowest BCUT2D eigenvalue weighted by Gasteiger charge is -2.29. The Balaban J connectivity index is 0.965. The number of hydrogen-bond donors (Lipinski definition) is 1. The highest BCUT2D eigenvalue weighted by molar-refractivity contribution is 6.33. The Morgan fingerprint density at radius 3 is 2.76 bits per heavy atom. The molecule has 1 N–H and O–H groups in total. The zero-order chi connectivity index (χ0) is 34.2. The van der Waals surface area contributed by atoms with Crippen LogP contribution < -0.4 is 10.1 Å². The highest BCUT2D eigenvalue weighted by Gasteiger charge is 2.24. The largest absolute Gasteiger partial charge is 0.473 e. The van der Waals surface area contributed by atoms with Crippen molar-refractivity contribution in [3.05, 3.63) is 124 Å². The Bertz CT molecular complexity index is 2270. The van der Waals surface area contributed by atoms with Crippen LogP contribution in [-0.2, 0) is 24.4 Å². The molecule has 0 aliphatic carbocycles. The van der Waals surface area contributed by atoms with Crippen molar-refractivity contribution in [2.24, 2.45) is 0 Å². The van der Waals surface area contributed by atoms with E-state index in [-0.39, 0.29) is 18.6 Å². The minimum atomic E-state index is -0.408. The first-order valence-electron chi connectivity index (χ1n) is 16.4. The number of carbonyl (C=O) groups excluding carboxylic acids is 1. The highest BCUT2D eigenvalue weighted by Crippen LogP contribution is 2.27. The van der Waals surface area contributed by atoms with E-state index in [1.165, 1.54) is 6.07 Å². The van der Waals surface area contributed by atoms with Crippen LogP contribution in [0.5, 0.6) is 5.88 Å². The lowest BCUT2D eigenvalue weighted by molar-refractivity contribution is -0.0591. The van der Waals surface area contributed by atoms with Crippen molar-refractivity contribution in [2.75, 3.05) is 25.0 Å². The normalized spacial score (nSPS) is 16.4. The van der Waals surface area contributed by atoms with Gasteiger partial charge in [0.2, 0.25) is 5.88 Å². The summed E-state index contributed by atoms with van der Waals surface area (Å²) in [6.07, 6.45) is 7.46. The Morgan fingerprint density at radius 1 is 1.06 bits per heavy atom. The number of nitrogens with zero attached hydrogens (tertiary/aromatic N) is 6. The van der Waals surface area contributed by atoms with Gasteiger partial charge in [0.15, 0.2) is 0 Å². The molecule has 0 bridgehead atoms. The SMILES string of the molecule is O=C(Nc1ccn2ncc(Cl)c2c1)c1ccc2c(c1)nc(CN1CC=C(c3cccc(OCc4ccc(Cl)cc4F)n3)CC1)n2CC1CCO1. The van der Waals surface area contributed by atoms with E-state index in [1.807, 2.05) is 30.3 Å². The average Bonchev–Trinajstić information content (AvgIpc) is 3.64. The Morgan fingerprint density at radius 2 is 1.96 bits per heavy atom. The molecule has 254 valence electrons. The van der Waals surface area contributed by atoms with Crippen LogP contribution in [0.25, 0.3) is 22.1 Å². The molecule has 13 heteroatoms. The van der Waals surface area contributed by atoms with Gasteiger partial charge in [0.25, 0.3) is 5.91 Å². The summed E-state index contributed by atoms with van der Waals surface area (Å²) >= 11 is 12.1. The van der Waals surface area contributed by atoms with Crippen LogP contribution in [0.3, 0.4) is 0 Å². The van der Waals surface area contributed by atoms with Crippen LogP contribution in [0.1, 0.15) is 40.3 Å². The number of pyridine rings is 2. The molecule has 1 unspecified atom stereocenters. The highest BCUT2D eigenvalue weighted by atomic mass is 35.5. The zero-order valence-electron chi connectivity index (χ0n) is 26.9. The number of anilines is 1. The summed E-state index contributed by atoms with van der Waals surface area (Å²) in [6.45, 7) is 3.71. The van der Waals surface area contributed by atoms with Gasteiger partial charge >= 0.3 is 0 Å². The van der Waals surface area contributed by atoms with E-state index in [9.17, 15) is 9.18 Å². The van der Waals surface area contributed by atoms with Gasteiger partial charge in [-0.3, -0.25) is 9.69 Å². The first kappa shape index (κ1) is 32.4. The maximum Gasteiger partial charge on any atom is 0.255 e.